The van der Waals surface area contributed by atoms with Crippen LogP contribution in [-0.4, -0.2) is 36.4 Å². The Morgan fingerprint density at radius 1 is 1.53 bits per heavy atom. The lowest BCUT2D eigenvalue weighted by molar-refractivity contribution is -0.141. The van der Waals surface area contributed by atoms with Gasteiger partial charge < -0.3 is 4.74 Å². The maximum absolute atomic E-state index is 11.2. The van der Waals surface area contributed by atoms with Crippen molar-refractivity contribution in [1.29, 1.82) is 0 Å². The molecular formula is C10H9NO4. The van der Waals surface area contributed by atoms with E-state index in [2.05, 4.69) is 9.73 Å². The summed E-state index contributed by atoms with van der Waals surface area (Å²) in [7, 11) is 1.29. The Morgan fingerprint density at radius 3 is 2.93 bits per heavy atom. The van der Waals surface area contributed by atoms with Crippen LogP contribution in [0.5, 0.6) is 0 Å². The molecule has 0 amide bonds. The van der Waals surface area contributed by atoms with E-state index in [1.807, 2.05) is 0 Å². The number of hydrogen-bond donors (Lipinski definition) is 0. The molecule has 2 aliphatic rings. The van der Waals surface area contributed by atoms with Gasteiger partial charge in [-0.25, -0.2) is 4.79 Å². The van der Waals surface area contributed by atoms with E-state index < -0.39 is 23.6 Å². The van der Waals surface area contributed by atoms with Gasteiger partial charge in [0.2, 0.25) is 11.6 Å². The summed E-state index contributed by atoms with van der Waals surface area (Å²) in [6, 6.07) is -0.588. The van der Waals surface area contributed by atoms with Crippen molar-refractivity contribution in [1.82, 2.24) is 0 Å². The second kappa shape index (κ2) is 3.42. The van der Waals surface area contributed by atoms with Gasteiger partial charge in [0.05, 0.1) is 13.5 Å². The van der Waals surface area contributed by atoms with E-state index in [0.717, 1.165) is 0 Å². The van der Waals surface area contributed by atoms with E-state index in [1.165, 1.54) is 13.2 Å². The standard InChI is InChI=1S/C10H9NO4/c1-15-10(14)7-2-5-3-8(12)9(13)4-6(5)11-7/h3,7H,2,4H2,1H3. The number of ether oxygens (including phenoxy) is 1. The number of ketones is 2. The van der Waals surface area contributed by atoms with Crippen LogP contribution in [0.25, 0.3) is 0 Å². The zero-order valence-electron chi connectivity index (χ0n) is 8.15. The monoisotopic (exact) mass is 207 g/mol. The van der Waals surface area contributed by atoms with Crippen LogP contribution in [0.1, 0.15) is 12.8 Å². The molecule has 5 nitrogen and oxygen atoms in total. The molecule has 0 saturated carbocycles. The summed E-state index contributed by atoms with van der Waals surface area (Å²) in [5.74, 6) is -1.41. The minimum absolute atomic E-state index is 0.0121. The zero-order chi connectivity index (χ0) is 11.0. The van der Waals surface area contributed by atoms with Crippen LogP contribution < -0.4 is 0 Å². The Labute approximate surface area is 85.8 Å². The van der Waals surface area contributed by atoms with Gasteiger partial charge in [-0.1, -0.05) is 0 Å². The zero-order valence-corrected chi connectivity index (χ0v) is 8.15. The third-order valence-electron chi connectivity index (χ3n) is 2.48. The van der Waals surface area contributed by atoms with E-state index in [9.17, 15) is 14.4 Å². The first-order valence-electron chi connectivity index (χ1n) is 4.54. The van der Waals surface area contributed by atoms with Gasteiger partial charge in [0.25, 0.3) is 0 Å². The summed E-state index contributed by atoms with van der Waals surface area (Å²) in [4.78, 5) is 37.4. The van der Waals surface area contributed by atoms with Crippen LogP contribution in [0, 0.1) is 0 Å². The molecule has 0 aromatic heterocycles. The number of rotatable bonds is 1. The molecule has 1 aliphatic carbocycles. The fourth-order valence-corrected chi connectivity index (χ4v) is 1.69. The number of aliphatic imine (C=N–C) groups is 1. The van der Waals surface area contributed by atoms with Crippen molar-refractivity contribution in [2.24, 2.45) is 4.99 Å². The van der Waals surface area contributed by atoms with Gasteiger partial charge in [-0.15, -0.1) is 0 Å². The summed E-state index contributed by atoms with van der Waals surface area (Å²) >= 11 is 0. The van der Waals surface area contributed by atoms with Crippen LogP contribution in [0.4, 0.5) is 0 Å². The Kier molecular flexibility index (Phi) is 2.22. The molecule has 1 atom stereocenters. The number of nitrogens with zero attached hydrogens (tertiary/aromatic N) is 1. The number of allylic oxidation sites excluding steroid dienone is 1. The smallest absolute Gasteiger partial charge is 0.330 e. The van der Waals surface area contributed by atoms with E-state index in [0.29, 0.717) is 17.7 Å². The summed E-state index contributed by atoms with van der Waals surface area (Å²) in [6.45, 7) is 0. The van der Waals surface area contributed by atoms with Gasteiger partial charge >= 0.3 is 5.97 Å². The number of carbonyl (C=O) groups is 3. The molecule has 0 N–H and O–H groups in total. The highest BCUT2D eigenvalue weighted by Gasteiger charge is 2.34. The van der Waals surface area contributed by atoms with Crippen molar-refractivity contribution in [3.05, 3.63) is 11.6 Å². The lowest BCUT2D eigenvalue weighted by Gasteiger charge is -2.06. The summed E-state index contributed by atoms with van der Waals surface area (Å²) in [5.41, 5.74) is 1.24. The Balaban J connectivity index is 2.26. The number of carbonyl (C=O) groups excluding carboxylic acids is 3. The molecule has 0 aromatic carbocycles. The molecule has 0 fully saturated rings. The highest BCUT2D eigenvalue weighted by atomic mass is 16.5. The largest absolute Gasteiger partial charge is 0.467 e. The first kappa shape index (κ1) is 9.76. The quantitative estimate of drug-likeness (QED) is 0.442. The maximum Gasteiger partial charge on any atom is 0.330 e. The molecular weight excluding hydrogens is 198 g/mol. The summed E-state index contributed by atoms with van der Waals surface area (Å²) in [5, 5.41) is 0. The minimum Gasteiger partial charge on any atom is -0.467 e. The van der Waals surface area contributed by atoms with Gasteiger partial charge in [-0.3, -0.25) is 14.6 Å². The molecule has 1 unspecified atom stereocenters. The molecule has 0 spiro atoms. The van der Waals surface area contributed by atoms with E-state index >= 15 is 0 Å². The first-order chi connectivity index (χ1) is 7.11. The minimum atomic E-state index is -0.588. The highest BCUT2D eigenvalue weighted by Crippen LogP contribution is 2.25. The van der Waals surface area contributed by atoms with Crippen LogP contribution in [0.2, 0.25) is 0 Å². The van der Waals surface area contributed by atoms with Crippen LogP contribution in [0.15, 0.2) is 16.6 Å². The highest BCUT2D eigenvalue weighted by molar-refractivity contribution is 6.48. The Morgan fingerprint density at radius 2 is 2.27 bits per heavy atom. The average Bonchev–Trinajstić information content (AvgIpc) is 2.60. The molecule has 78 valence electrons. The van der Waals surface area contributed by atoms with Crippen LogP contribution in [0.3, 0.4) is 0 Å². The normalized spacial score (nSPS) is 24.5. The van der Waals surface area contributed by atoms with Crippen LogP contribution >= 0.6 is 0 Å². The summed E-state index contributed by atoms with van der Waals surface area (Å²) in [6.07, 6.45) is 1.65. The van der Waals surface area contributed by atoms with Gasteiger partial charge in [0, 0.05) is 12.1 Å². The predicted molar refractivity (Wildman–Crippen MR) is 50.6 cm³/mol. The molecule has 5 heteroatoms. The average molecular weight is 207 g/mol. The molecule has 15 heavy (non-hydrogen) atoms. The number of Topliss-reactive ketones (excluding diaryl/α,β-unsaturated/α-hetero) is 1. The molecule has 1 aliphatic heterocycles. The van der Waals surface area contributed by atoms with Crippen molar-refractivity contribution in [2.75, 3.05) is 7.11 Å². The SMILES string of the molecule is COC(=O)C1CC2=CC(=O)C(=O)CC2=N1. The van der Waals surface area contributed by atoms with Gasteiger partial charge in [0.15, 0.2) is 6.04 Å². The maximum atomic E-state index is 11.2. The number of fused-ring (bicyclic) bond motifs is 1. The number of hydrogen-bond acceptors (Lipinski definition) is 5. The van der Waals surface area contributed by atoms with Gasteiger partial charge in [-0.2, -0.15) is 0 Å². The second-order valence-electron chi connectivity index (χ2n) is 3.45. The molecule has 0 radical (unpaired) electrons. The van der Waals surface area contributed by atoms with E-state index in [1.54, 1.807) is 0 Å². The van der Waals surface area contributed by atoms with Crippen molar-refractivity contribution in [3.63, 3.8) is 0 Å². The van der Waals surface area contributed by atoms with Crippen LogP contribution in [-0.2, 0) is 19.1 Å². The topological polar surface area (TPSA) is 72.8 Å². The van der Waals surface area contributed by atoms with Crippen molar-refractivity contribution < 1.29 is 19.1 Å². The molecule has 0 bridgehead atoms. The predicted octanol–water partition coefficient (Wildman–Crippen LogP) is -0.159. The van der Waals surface area contributed by atoms with E-state index in [-0.39, 0.29) is 6.42 Å². The number of methoxy groups -OCH3 is 1. The Hall–Kier alpha value is -1.78. The third kappa shape index (κ3) is 1.60. The molecule has 0 saturated heterocycles. The van der Waals surface area contributed by atoms with Crippen molar-refractivity contribution >= 4 is 23.2 Å². The number of esters is 1. The third-order valence-corrected chi connectivity index (χ3v) is 2.48. The second-order valence-corrected chi connectivity index (χ2v) is 3.45. The molecule has 2 rings (SSSR count). The first-order valence-corrected chi connectivity index (χ1v) is 4.54. The van der Waals surface area contributed by atoms with Crippen molar-refractivity contribution in [2.45, 2.75) is 18.9 Å². The lowest BCUT2D eigenvalue weighted by atomic mass is 9.94. The van der Waals surface area contributed by atoms with E-state index in [4.69, 9.17) is 0 Å². The van der Waals surface area contributed by atoms with Gasteiger partial charge in [0.1, 0.15) is 0 Å². The molecule has 1 heterocycles. The summed E-state index contributed by atoms with van der Waals surface area (Å²) < 4.78 is 4.55. The van der Waals surface area contributed by atoms with Crippen molar-refractivity contribution in [3.8, 4) is 0 Å². The fourth-order valence-electron chi connectivity index (χ4n) is 1.69. The van der Waals surface area contributed by atoms with Gasteiger partial charge in [-0.05, 0) is 11.6 Å². The molecule has 0 aromatic rings. The fraction of sp³-hybridized carbons (Fsp3) is 0.400. The Bertz CT molecular complexity index is 419. The lowest BCUT2D eigenvalue weighted by Crippen LogP contribution is -2.22.